The summed E-state index contributed by atoms with van der Waals surface area (Å²) in [5.74, 6) is -1.98. The summed E-state index contributed by atoms with van der Waals surface area (Å²) < 4.78 is 9.76. The standard InChI is InChI=1S/C17H19N3O8S/c1-27-5-3-4-18-14(21)9-19-16(23)13(29-17(19)24)8-10-6-11(20(25)26)15(22)12(7-10)28-2/h6-8,22H,3-5,9H2,1-2H3,(H,18,21)/b13-8-. The lowest BCUT2D eigenvalue weighted by molar-refractivity contribution is -0.386. The van der Waals surface area contributed by atoms with E-state index in [1.165, 1.54) is 26.4 Å². The van der Waals surface area contributed by atoms with Gasteiger partial charge in [-0.2, -0.15) is 0 Å². The minimum atomic E-state index is -0.797. The molecule has 1 aliphatic rings. The third-order valence-electron chi connectivity index (χ3n) is 3.81. The zero-order valence-corrected chi connectivity index (χ0v) is 16.5. The first-order valence-electron chi connectivity index (χ1n) is 8.34. The molecule has 1 heterocycles. The van der Waals surface area contributed by atoms with Gasteiger partial charge in [0.05, 0.1) is 16.9 Å². The third-order valence-corrected chi connectivity index (χ3v) is 4.72. The second-order valence-electron chi connectivity index (χ2n) is 5.81. The summed E-state index contributed by atoms with van der Waals surface area (Å²) in [5, 5.41) is 22.8. The van der Waals surface area contributed by atoms with Gasteiger partial charge < -0.3 is 19.9 Å². The van der Waals surface area contributed by atoms with Crippen molar-refractivity contribution in [1.29, 1.82) is 0 Å². The molecule has 0 aliphatic carbocycles. The number of methoxy groups -OCH3 is 2. The minimum Gasteiger partial charge on any atom is -0.500 e. The predicted molar refractivity (Wildman–Crippen MR) is 103 cm³/mol. The van der Waals surface area contributed by atoms with Crippen LogP contribution >= 0.6 is 11.8 Å². The number of carbonyl (C=O) groups excluding carboxylic acids is 3. The molecule has 0 atom stereocenters. The van der Waals surface area contributed by atoms with Crippen LogP contribution in [-0.4, -0.2) is 65.9 Å². The number of phenolic OH excluding ortho intramolecular Hbond substituents is 1. The number of hydrogen-bond donors (Lipinski definition) is 2. The monoisotopic (exact) mass is 425 g/mol. The molecule has 0 spiro atoms. The number of benzene rings is 1. The van der Waals surface area contributed by atoms with Gasteiger partial charge in [0.1, 0.15) is 6.54 Å². The van der Waals surface area contributed by atoms with Crippen LogP contribution in [-0.2, 0) is 14.3 Å². The molecule has 0 aromatic heterocycles. The lowest BCUT2D eigenvalue weighted by Gasteiger charge is -2.12. The zero-order chi connectivity index (χ0) is 21.6. The summed E-state index contributed by atoms with van der Waals surface area (Å²) in [4.78, 5) is 47.5. The molecule has 2 N–H and O–H groups in total. The highest BCUT2D eigenvalue weighted by Gasteiger charge is 2.36. The maximum Gasteiger partial charge on any atom is 0.315 e. The zero-order valence-electron chi connectivity index (χ0n) is 15.7. The van der Waals surface area contributed by atoms with Crippen LogP contribution in [0.5, 0.6) is 11.5 Å². The van der Waals surface area contributed by atoms with Gasteiger partial charge >= 0.3 is 5.69 Å². The number of nitrogens with one attached hydrogen (secondary N) is 1. The van der Waals surface area contributed by atoms with Crippen molar-refractivity contribution in [3.63, 3.8) is 0 Å². The molecule has 0 bridgehead atoms. The van der Waals surface area contributed by atoms with E-state index < -0.39 is 40.0 Å². The number of thioether (sulfide) groups is 1. The molecular formula is C17H19N3O8S. The van der Waals surface area contributed by atoms with Crippen molar-refractivity contribution in [2.45, 2.75) is 6.42 Å². The van der Waals surface area contributed by atoms with E-state index in [9.17, 15) is 29.6 Å². The van der Waals surface area contributed by atoms with Gasteiger partial charge in [0, 0.05) is 26.3 Å². The SMILES string of the molecule is COCCCNC(=O)CN1C(=O)S/C(=C\c2cc(OC)c(O)c([N+](=O)[O-])c2)C1=O. The predicted octanol–water partition coefficient (Wildman–Crippen LogP) is 1.50. The summed E-state index contributed by atoms with van der Waals surface area (Å²) >= 11 is 0.608. The largest absolute Gasteiger partial charge is 0.500 e. The highest BCUT2D eigenvalue weighted by Crippen LogP contribution is 2.39. The molecule has 0 saturated carbocycles. The Bertz CT molecular complexity index is 870. The van der Waals surface area contributed by atoms with Gasteiger partial charge in [-0.25, -0.2) is 0 Å². The van der Waals surface area contributed by atoms with Crippen LogP contribution in [0, 0.1) is 10.1 Å². The molecular weight excluding hydrogens is 406 g/mol. The van der Waals surface area contributed by atoms with Crippen LogP contribution in [0.2, 0.25) is 0 Å². The number of rotatable bonds is 9. The van der Waals surface area contributed by atoms with E-state index in [1.807, 2.05) is 0 Å². The number of carbonyl (C=O) groups is 3. The van der Waals surface area contributed by atoms with Crippen LogP contribution in [0.15, 0.2) is 17.0 Å². The maximum absolute atomic E-state index is 12.5. The number of nitro groups is 1. The summed E-state index contributed by atoms with van der Waals surface area (Å²) in [6.45, 7) is 0.372. The number of ether oxygens (including phenoxy) is 2. The average Bonchev–Trinajstić information content (AvgIpc) is 2.93. The number of aromatic hydroxyl groups is 1. The first-order chi connectivity index (χ1) is 13.8. The van der Waals surface area contributed by atoms with Crippen LogP contribution in [0.1, 0.15) is 12.0 Å². The fourth-order valence-corrected chi connectivity index (χ4v) is 3.26. The molecule has 0 unspecified atom stereocenters. The summed E-state index contributed by atoms with van der Waals surface area (Å²) in [5.41, 5.74) is -0.425. The van der Waals surface area contributed by atoms with Gasteiger partial charge in [-0.05, 0) is 35.9 Å². The molecule has 1 aliphatic heterocycles. The van der Waals surface area contributed by atoms with Crippen molar-refractivity contribution >= 4 is 40.6 Å². The normalized spacial score (nSPS) is 15.1. The Hall–Kier alpha value is -3.12. The number of hydrogen-bond acceptors (Lipinski definition) is 9. The highest BCUT2D eigenvalue weighted by atomic mass is 32.2. The Balaban J connectivity index is 2.16. The van der Waals surface area contributed by atoms with Crippen LogP contribution in [0.25, 0.3) is 6.08 Å². The molecule has 0 radical (unpaired) electrons. The molecule has 1 aromatic rings. The maximum atomic E-state index is 12.5. The van der Waals surface area contributed by atoms with Gasteiger partial charge in [-0.1, -0.05) is 0 Å². The van der Waals surface area contributed by atoms with E-state index in [-0.39, 0.29) is 16.2 Å². The van der Waals surface area contributed by atoms with Crippen LogP contribution in [0.4, 0.5) is 10.5 Å². The Morgan fingerprint density at radius 1 is 1.38 bits per heavy atom. The number of nitrogens with zero attached hydrogens (tertiary/aromatic N) is 2. The molecule has 1 saturated heterocycles. The Kier molecular flexibility index (Phi) is 7.56. The third kappa shape index (κ3) is 5.45. The molecule has 12 heteroatoms. The summed E-state index contributed by atoms with van der Waals surface area (Å²) in [7, 11) is 2.76. The smallest absolute Gasteiger partial charge is 0.315 e. The molecule has 11 nitrogen and oxygen atoms in total. The average molecular weight is 425 g/mol. The van der Waals surface area contributed by atoms with Crippen molar-refractivity contribution in [3.8, 4) is 11.5 Å². The second kappa shape index (κ2) is 9.89. The topological polar surface area (TPSA) is 148 Å². The summed E-state index contributed by atoms with van der Waals surface area (Å²) in [6, 6.07) is 2.34. The number of nitro benzene ring substituents is 1. The van der Waals surface area contributed by atoms with E-state index >= 15 is 0 Å². The Labute approximate surface area is 169 Å². The van der Waals surface area contributed by atoms with E-state index in [0.29, 0.717) is 31.3 Å². The quantitative estimate of drug-likeness (QED) is 0.260. The lowest BCUT2D eigenvalue weighted by atomic mass is 10.1. The van der Waals surface area contributed by atoms with Crippen molar-refractivity contribution < 1.29 is 33.9 Å². The molecule has 29 heavy (non-hydrogen) atoms. The highest BCUT2D eigenvalue weighted by molar-refractivity contribution is 8.18. The minimum absolute atomic E-state index is 0.00998. The van der Waals surface area contributed by atoms with E-state index in [4.69, 9.17) is 9.47 Å². The molecule has 2 rings (SSSR count). The molecule has 1 aromatic carbocycles. The van der Waals surface area contributed by atoms with E-state index in [0.717, 1.165) is 11.0 Å². The number of phenols is 1. The van der Waals surface area contributed by atoms with Crippen molar-refractivity contribution in [1.82, 2.24) is 10.2 Å². The van der Waals surface area contributed by atoms with Crippen LogP contribution < -0.4 is 10.1 Å². The fourth-order valence-electron chi connectivity index (χ4n) is 2.42. The van der Waals surface area contributed by atoms with Gasteiger partial charge in [-0.15, -0.1) is 0 Å². The van der Waals surface area contributed by atoms with Gasteiger partial charge in [0.15, 0.2) is 5.75 Å². The molecule has 156 valence electrons. The van der Waals surface area contributed by atoms with E-state index in [2.05, 4.69) is 5.32 Å². The van der Waals surface area contributed by atoms with Gasteiger partial charge in [0.25, 0.3) is 11.1 Å². The summed E-state index contributed by atoms with van der Waals surface area (Å²) in [6.07, 6.45) is 1.85. The first kappa shape index (κ1) is 22.2. The Morgan fingerprint density at radius 3 is 2.72 bits per heavy atom. The number of amides is 3. The van der Waals surface area contributed by atoms with E-state index in [1.54, 1.807) is 0 Å². The first-order valence-corrected chi connectivity index (χ1v) is 9.16. The van der Waals surface area contributed by atoms with Crippen molar-refractivity contribution in [2.75, 3.05) is 33.9 Å². The van der Waals surface area contributed by atoms with Crippen LogP contribution in [0.3, 0.4) is 0 Å². The molecule has 1 fully saturated rings. The number of imide groups is 1. The Morgan fingerprint density at radius 2 is 2.10 bits per heavy atom. The molecule has 3 amide bonds. The second-order valence-corrected chi connectivity index (χ2v) is 6.81. The van der Waals surface area contributed by atoms with Gasteiger partial charge in [-0.3, -0.25) is 29.4 Å². The lowest BCUT2D eigenvalue weighted by Crippen LogP contribution is -2.39. The van der Waals surface area contributed by atoms with Crippen molar-refractivity contribution in [3.05, 3.63) is 32.7 Å². The fraction of sp³-hybridized carbons (Fsp3) is 0.353. The van der Waals surface area contributed by atoms with Gasteiger partial charge in [0.2, 0.25) is 11.7 Å². The van der Waals surface area contributed by atoms with Crippen molar-refractivity contribution in [2.24, 2.45) is 0 Å².